The number of carbonyl (C=O) groups is 3. The maximum atomic E-state index is 12.8. The van der Waals surface area contributed by atoms with Gasteiger partial charge in [-0.15, -0.1) is 0 Å². The number of hydrogen-bond acceptors (Lipinski definition) is 3. The fourth-order valence-electron chi connectivity index (χ4n) is 3.12. The van der Waals surface area contributed by atoms with Gasteiger partial charge in [-0.3, -0.25) is 19.3 Å². The Hall–Kier alpha value is -2.95. The summed E-state index contributed by atoms with van der Waals surface area (Å²) in [5.41, 5.74) is 2.36. The fraction of sp³-hybridized carbons (Fsp3) is 0.250. The van der Waals surface area contributed by atoms with Crippen LogP contribution in [0.1, 0.15) is 40.1 Å². The molecule has 3 amide bonds. The van der Waals surface area contributed by atoms with Crippen LogP contribution in [0.25, 0.3) is 0 Å². The van der Waals surface area contributed by atoms with Crippen molar-refractivity contribution in [1.82, 2.24) is 4.90 Å². The van der Waals surface area contributed by atoms with Gasteiger partial charge in [0, 0.05) is 5.69 Å². The smallest absolute Gasteiger partial charge is 0.262 e. The highest BCUT2D eigenvalue weighted by Crippen LogP contribution is 2.27. The Kier molecular flexibility index (Phi) is 4.40. The summed E-state index contributed by atoms with van der Waals surface area (Å²) in [7, 11) is 0. The average Bonchev–Trinajstić information content (AvgIpc) is 2.80. The van der Waals surface area contributed by atoms with Crippen LogP contribution in [-0.2, 0) is 4.79 Å². The van der Waals surface area contributed by atoms with Gasteiger partial charge >= 0.3 is 0 Å². The molecular formula is C20H20N2O3. The molecule has 128 valence electrons. The summed E-state index contributed by atoms with van der Waals surface area (Å²) >= 11 is 0. The van der Waals surface area contributed by atoms with E-state index in [1.165, 1.54) is 0 Å². The molecule has 1 aliphatic heterocycles. The minimum atomic E-state index is -0.868. The van der Waals surface area contributed by atoms with Gasteiger partial charge in [-0.05, 0) is 42.7 Å². The lowest BCUT2D eigenvalue weighted by molar-refractivity contribution is -0.121. The molecule has 0 aliphatic carbocycles. The molecule has 0 fully saturated rings. The van der Waals surface area contributed by atoms with Crippen LogP contribution in [0.2, 0.25) is 0 Å². The minimum Gasteiger partial charge on any atom is -0.324 e. The molecule has 2 aromatic rings. The van der Waals surface area contributed by atoms with Gasteiger partial charge in [0.15, 0.2) is 0 Å². The van der Waals surface area contributed by atoms with E-state index < -0.39 is 17.9 Å². The maximum absolute atomic E-state index is 12.8. The number of rotatable bonds is 4. The number of nitrogens with one attached hydrogen (secondary N) is 1. The number of nitrogens with zero attached hydrogens (tertiary/aromatic N) is 1. The number of benzene rings is 2. The summed E-state index contributed by atoms with van der Waals surface area (Å²) in [6.45, 7) is 5.58. The van der Waals surface area contributed by atoms with Gasteiger partial charge in [0.2, 0.25) is 5.91 Å². The molecule has 1 aliphatic rings. The molecule has 0 saturated carbocycles. The zero-order valence-corrected chi connectivity index (χ0v) is 14.4. The van der Waals surface area contributed by atoms with E-state index in [1.807, 2.05) is 39.0 Å². The molecule has 1 unspecified atom stereocenters. The Bertz CT molecular complexity index is 823. The number of anilines is 1. The first kappa shape index (κ1) is 16.9. The van der Waals surface area contributed by atoms with Crippen molar-refractivity contribution in [2.45, 2.75) is 26.8 Å². The van der Waals surface area contributed by atoms with Gasteiger partial charge in [-0.1, -0.05) is 38.1 Å². The van der Waals surface area contributed by atoms with E-state index in [-0.39, 0.29) is 11.8 Å². The second kappa shape index (κ2) is 6.51. The molecule has 0 aromatic heterocycles. The normalized spacial score (nSPS) is 14.6. The van der Waals surface area contributed by atoms with Crippen LogP contribution in [0.3, 0.4) is 0 Å². The Morgan fingerprint density at radius 3 is 2.08 bits per heavy atom. The molecule has 0 bridgehead atoms. The highest BCUT2D eigenvalue weighted by molar-refractivity contribution is 6.23. The van der Waals surface area contributed by atoms with Crippen LogP contribution in [0.5, 0.6) is 0 Å². The predicted octanol–water partition coefficient (Wildman–Crippen LogP) is 3.25. The second-order valence-corrected chi connectivity index (χ2v) is 6.57. The van der Waals surface area contributed by atoms with E-state index in [2.05, 4.69) is 5.32 Å². The maximum Gasteiger partial charge on any atom is 0.262 e. The third-order valence-electron chi connectivity index (χ3n) is 4.29. The Balaban J connectivity index is 1.91. The summed E-state index contributed by atoms with van der Waals surface area (Å²) in [6, 6.07) is 13.2. The Labute approximate surface area is 146 Å². The molecule has 2 aromatic carbocycles. The highest BCUT2D eigenvalue weighted by atomic mass is 16.2. The summed E-state index contributed by atoms with van der Waals surface area (Å²) in [5, 5.41) is 2.82. The number of hydrogen-bond donors (Lipinski definition) is 1. The number of imide groups is 1. The van der Waals surface area contributed by atoms with E-state index in [4.69, 9.17) is 0 Å². The first-order valence-corrected chi connectivity index (χ1v) is 8.24. The van der Waals surface area contributed by atoms with Gasteiger partial charge in [-0.25, -0.2) is 0 Å². The molecule has 1 N–H and O–H groups in total. The number of carbonyl (C=O) groups excluding carboxylic acids is 3. The predicted molar refractivity (Wildman–Crippen MR) is 95.4 cm³/mol. The van der Waals surface area contributed by atoms with E-state index in [9.17, 15) is 14.4 Å². The second-order valence-electron chi connectivity index (χ2n) is 6.57. The van der Waals surface area contributed by atoms with Gasteiger partial charge in [0.05, 0.1) is 11.1 Å². The number of amides is 3. The van der Waals surface area contributed by atoms with Gasteiger partial charge in [-0.2, -0.15) is 0 Å². The van der Waals surface area contributed by atoms with Crippen molar-refractivity contribution >= 4 is 23.4 Å². The molecule has 0 saturated heterocycles. The summed E-state index contributed by atoms with van der Waals surface area (Å²) < 4.78 is 0. The van der Waals surface area contributed by atoms with Gasteiger partial charge in [0.1, 0.15) is 6.04 Å². The topological polar surface area (TPSA) is 66.5 Å². The number of fused-ring (bicyclic) bond motifs is 1. The molecule has 1 atom stereocenters. The largest absolute Gasteiger partial charge is 0.324 e. The molecule has 0 spiro atoms. The van der Waals surface area contributed by atoms with Crippen LogP contribution in [0.4, 0.5) is 5.69 Å². The first-order valence-electron chi connectivity index (χ1n) is 8.24. The molecule has 5 heteroatoms. The lowest BCUT2D eigenvalue weighted by atomic mass is 10.0. The molecule has 5 nitrogen and oxygen atoms in total. The van der Waals surface area contributed by atoms with Crippen LogP contribution in [0, 0.1) is 12.8 Å². The zero-order valence-electron chi connectivity index (χ0n) is 14.4. The Morgan fingerprint density at radius 2 is 1.56 bits per heavy atom. The van der Waals surface area contributed by atoms with Crippen LogP contribution < -0.4 is 5.32 Å². The van der Waals surface area contributed by atoms with Crippen molar-refractivity contribution in [2.75, 3.05) is 5.32 Å². The molecule has 25 heavy (non-hydrogen) atoms. The average molecular weight is 336 g/mol. The first-order chi connectivity index (χ1) is 11.9. The summed E-state index contributed by atoms with van der Waals surface area (Å²) in [5.74, 6) is -1.42. The molecule has 1 heterocycles. The quantitative estimate of drug-likeness (QED) is 0.872. The molecule has 0 radical (unpaired) electrons. The van der Waals surface area contributed by atoms with Crippen LogP contribution >= 0.6 is 0 Å². The van der Waals surface area contributed by atoms with Crippen LogP contribution in [0.15, 0.2) is 48.5 Å². The Morgan fingerprint density at radius 1 is 0.960 bits per heavy atom. The van der Waals surface area contributed by atoms with Crippen molar-refractivity contribution in [3.8, 4) is 0 Å². The SMILES string of the molecule is Cc1cccc(NC(=O)C(C(C)C)N2C(=O)c3ccccc3C2=O)c1. The lowest BCUT2D eigenvalue weighted by Crippen LogP contribution is -2.50. The molecule has 3 rings (SSSR count). The van der Waals surface area contributed by atoms with Crippen molar-refractivity contribution in [3.05, 3.63) is 65.2 Å². The van der Waals surface area contributed by atoms with E-state index in [1.54, 1.807) is 30.3 Å². The summed E-state index contributed by atoms with van der Waals surface area (Å²) in [6.07, 6.45) is 0. The van der Waals surface area contributed by atoms with Gasteiger partial charge in [0.25, 0.3) is 11.8 Å². The third kappa shape index (κ3) is 3.05. The van der Waals surface area contributed by atoms with E-state index in [0.29, 0.717) is 16.8 Å². The number of aryl methyl sites for hydroxylation is 1. The lowest BCUT2D eigenvalue weighted by Gasteiger charge is -2.28. The van der Waals surface area contributed by atoms with Gasteiger partial charge < -0.3 is 5.32 Å². The minimum absolute atomic E-state index is 0.216. The standard InChI is InChI=1S/C20H20N2O3/c1-12(2)17(18(23)21-14-8-6-7-13(3)11-14)22-19(24)15-9-4-5-10-16(15)20(22)25/h4-12,17H,1-3H3,(H,21,23). The zero-order chi connectivity index (χ0) is 18.1. The van der Waals surface area contributed by atoms with Crippen molar-refractivity contribution < 1.29 is 14.4 Å². The van der Waals surface area contributed by atoms with Crippen molar-refractivity contribution in [1.29, 1.82) is 0 Å². The van der Waals surface area contributed by atoms with Crippen molar-refractivity contribution in [3.63, 3.8) is 0 Å². The highest BCUT2D eigenvalue weighted by Gasteiger charge is 2.43. The summed E-state index contributed by atoms with van der Waals surface area (Å²) in [4.78, 5) is 39.3. The molecular weight excluding hydrogens is 316 g/mol. The van der Waals surface area contributed by atoms with E-state index in [0.717, 1.165) is 10.5 Å². The van der Waals surface area contributed by atoms with E-state index >= 15 is 0 Å². The fourth-order valence-corrected chi connectivity index (χ4v) is 3.12. The van der Waals surface area contributed by atoms with Crippen LogP contribution in [-0.4, -0.2) is 28.7 Å². The van der Waals surface area contributed by atoms with Crippen molar-refractivity contribution in [2.24, 2.45) is 5.92 Å². The monoisotopic (exact) mass is 336 g/mol. The third-order valence-corrected chi connectivity index (χ3v) is 4.29.